The van der Waals surface area contributed by atoms with Crippen LogP contribution in [-0.2, 0) is 10.0 Å². The van der Waals surface area contributed by atoms with E-state index in [0.29, 0.717) is 11.3 Å². The number of anilines is 3. The van der Waals surface area contributed by atoms with E-state index in [9.17, 15) is 13.2 Å². The van der Waals surface area contributed by atoms with E-state index in [0.717, 1.165) is 11.3 Å². The van der Waals surface area contributed by atoms with Crippen molar-refractivity contribution in [2.24, 2.45) is 0 Å². The van der Waals surface area contributed by atoms with E-state index in [1.165, 1.54) is 13.1 Å². The van der Waals surface area contributed by atoms with Crippen molar-refractivity contribution in [1.82, 2.24) is 4.98 Å². The molecule has 3 aromatic rings. The van der Waals surface area contributed by atoms with Crippen LogP contribution in [0.4, 0.5) is 17.2 Å². The molecular weight excluding hydrogens is 362 g/mol. The molecule has 3 rings (SSSR count). The lowest BCUT2D eigenvalue weighted by molar-refractivity contribution is 0.101. The van der Waals surface area contributed by atoms with E-state index in [1.54, 1.807) is 60.7 Å². The fraction of sp³-hybridized carbons (Fsp3) is 0.100. The number of aryl methyl sites for hydroxylation is 1. The minimum absolute atomic E-state index is 0.00781. The Bertz CT molecular complexity index is 1040. The number of ketones is 1. The molecule has 0 spiro atoms. The third-order valence-electron chi connectivity index (χ3n) is 3.91. The van der Waals surface area contributed by atoms with Crippen LogP contribution in [0.2, 0.25) is 0 Å². The smallest absolute Gasteiger partial charge is 0.263 e. The van der Waals surface area contributed by atoms with Gasteiger partial charge in [0.1, 0.15) is 5.82 Å². The first-order valence-corrected chi connectivity index (χ1v) is 9.75. The van der Waals surface area contributed by atoms with E-state index in [-0.39, 0.29) is 16.5 Å². The summed E-state index contributed by atoms with van der Waals surface area (Å²) in [7, 11) is -3.68. The van der Waals surface area contributed by atoms with E-state index in [1.807, 2.05) is 6.92 Å². The molecule has 6 nitrogen and oxygen atoms in total. The van der Waals surface area contributed by atoms with Crippen molar-refractivity contribution in [1.29, 1.82) is 0 Å². The molecule has 0 amide bonds. The first-order valence-electron chi connectivity index (χ1n) is 8.27. The molecule has 0 radical (unpaired) electrons. The molecule has 7 heteroatoms. The molecule has 0 saturated carbocycles. The average molecular weight is 381 g/mol. The number of rotatable bonds is 6. The number of carbonyl (C=O) groups excluding carboxylic acids is 1. The monoisotopic (exact) mass is 381 g/mol. The number of pyridine rings is 1. The zero-order chi connectivity index (χ0) is 19.4. The summed E-state index contributed by atoms with van der Waals surface area (Å²) in [5, 5.41) is 3.15. The highest BCUT2D eigenvalue weighted by Gasteiger charge is 2.14. The van der Waals surface area contributed by atoms with Gasteiger partial charge >= 0.3 is 0 Å². The maximum absolute atomic E-state index is 12.4. The zero-order valence-electron chi connectivity index (χ0n) is 14.9. The van der Waals surface area contributed by atoms with Gasteiger partial charge in [-0.15, -0.1) is 0 Å². The molecule has 1 aromatic heterocycles. The number of nitrogens with one attached hydrogen (secondary N) is 2. The normalized spacial score (nSPS) is 11.0. The summed E-state index contributed by atoms with van der Waals surface area (Å²) >= 11 is 0. The SMILES string of the molecule is CC(=O)c1ccc(Nc2ccc(NS(=O)(=O)c3ccc(C)cc3)nc2)cc1. The molecule has 0 fully saturated rings. The number of aromatic nitrogens is 1. The summed E-state index contributed by atoms with van der Waals surface area (Å²) in [6.45, 7) is 3.41. The molecule has 0 bridgehead atoms. The molecule has 0 aliphatic heterocycles. The fourth-order valence-electron chi connectivity index (χ4n) is 2.40. The molecule has 0 saturated heterocycles. The van der Waals surface area contributed by atoms with Crippen molar-refractivity contribution in [3.8, 4) is 0 Å². The molecule has 27 heavy (non-hydrogen) atoms. The van der Waals surface area contributed by atoms with Gasteiger partial charge in [0.15, 0.2) is 5.78 Å². The van der Waals surface area contributed by atoms with E-state index in [2.05, 4.69) is 15.0 Å². The van der Waals surface area contributed by atoms with Crippen LogP contribution in [0.25, 0.3) is 0 Å². The standard InChI is InChI=1S/C20H19N3O3S/c1-14-3-10-19(11-4-14)27(25,26)23-20-12-9-18(13-21-20)22-17-7-5-16(6-8-17)15(2)24/h3-13,22H,1-2H3,(H,21,23). The van der Waals surface area contributed by atoms with Gasteiger partial charge in [0.25, 0.3) is 10.0 Å². The lowest BCUT2D eigenvalue weighted by Crippen LogP contribution is -2.13. The van der Waals surface area contributed by atoms with Gasteiger partial charge in [-0.1, -0.05) is 17.7 Å². The summed E-state index contributed by atoms with van der Waals surface area (Å²) in [6.07, 6.45) is 1.53. The second-order valence-electron chi connectivity index (χ2n) is 6.11. The van der Waals surface area contributed by atoms with Gasteiger partial charge in [0.2, 0.25) is 0 Å². The highest BCUT2D eigenvalue weighted by Crippen LogP contribution is 2.20. The Labute approximate surface area is 158 Å². The second kappa shape index (κ2) is 7.59. The Hall–Kier alpha value is -3.19. The van der Waals surface area contributed by atoms with Crippen LogP contribution >= 0.6 is 0 Å². The van der Waals surface area contributed by atoms with E-state index < -0.39 is 10.0 Å². The lowest BCUT2D eigenvalue weighted by Gasteiger charge is -2.10. The van der Waals surface area contributed by atoms with Gasteiger partial charge in [-0.3, -0.25) is 9.52 Å². The predicted molar refractivity (Wildman–Crippen MR) is 106 cm³/mol. The van der Waals surface area contributed by atoms with Gasteiger partial charge in [-0.2, -0.15) is 0 Å². The second-order valence-corrected chi connectivity index (χ2v) is 7.79. The van der Waals surface area contributed by atoms with Crippen molar-refractivity contribution in [2.75, 3.05) is 10.0 Å². The average Bonchev–Trinajstić information content (AvgIpc) is 2.64. The maximum atomic E-state index is 12.4. The number of nitrogens with zero attached hydrogens (tertiary/aromatic N) is 1. The number of sulfonamides is 1. The van der Waals surface area contributed by atoms with Gasteiger partial charge in [0.05, 0.1) is 16.8 Å². The van der Waals surface area contributed by atoms with Crippen LogP contribution in [0.1, 0.15) is 22.8 Å². The molecule has 0 aliphatic carbocycles. The van der Waals surface area contributed by atoms with Crippen molar-refractivity contribution in [3.63, 3.8) is 0 Å². The number of Topliss-reactive ketones (excluding diaryl/α,β-unsaturated/α-hetero) is 1. The first kappa shape index (κ1) is 18.6. The van der Waals surface area contributed by atoms with Crippen molar-refractivity contribution in [3.05, 3.63) is 78.0 Å². The van der Waals surface area contributed by atoms with Gasteiger partial charge in [-0.05, 0) is 62.4 Å². The molecule has 0 aliphatic rings. The number of carbonyl (C=O) groups is 1. The Morgan fingerprint density at radius 3 is 2.07 bits per heavy atom. The number of benzene rings is 2. The Kier molecular flexibility index (Phi) is 5.23. The molecule has 2 N–H and O–H groups in total. The third-order valence-corrected chi connectivity index (χ3v) is 5.28. The maximum Gasteiger partial charge on any atom is 0.263 e. The Morgan fingerprint density at radius 1 is 0.889 bits per heavy atom. The molecule has 0 unspecified atom stereocenters. The largest absolute Gasteiger partial charge is 0.354 e. The van der Waals surface area contributed by atoms with Crippen LogP contribution < -0.4 is 10.0 Å². The quantitative estimate of drug-likeness (QED) is 0.627. The van der Waals surface area contributed by atoms with Gasteiger partial charge < -0.3 is 5.32 Å². The number of hydrogen-bond donors (Lipinski definition) is 2. The van der Waals surface area contributed by atoms with E-state index >= 15 is 0 Å². The topological polar surface area (TPSA) is 88.2 Å². The first-order chi connectivity index (χ1) is 12.8. The number of hydrogen-bond acceptors (Lipinski definition) is 5. The predicted octanol–water partition coefficient (Wildman–Crippen LogP) is 4.14. The Morgan fingerprint density at radius 2 is 1.52 bits per heavy atom. The summed E-state index contributed by atoms with van der Waals surface area (Å²) in [5.41, 5.74) is 3.12. The molecule has 0 atom stereocenters. The highest BCUT2D eigenvalue weighted by molar-refractivity contribution is 7.92. The molecule has 2 aromatic carbocycles. The van der Waals surface area contributed by atoms with E-state index in [4.69, 9.17) is 0 Å². The minimum Gasteiger partial charge on any atom is -0.354 e. The van der Waals surface area contributed by atoms with Crippen LogP contribution in [0, 0.1) is 6.92 Å². The summed E-state index contributed by atoms with van der Waals surface area (Å²) in [6, 6.07) is 17.0. The van der Waals surface area contributed by atoms with Crippen LogP contribution in [0.15, 0.2) is 71.8 Å². The summed E-state index contributed by atoms with van der Waals surface area (Å²) < 4.78 is 27.2. The van der Waals surface area contributed by atoms with Gasteiger partial charge in [-0.25, -0.2) is 13.4 Å². The molecular formula is C20H19N3O3S. The van der Waals surface area contributed by atoms with Crippen molar-refractivity contribution < 1.29 is 13.2 Å². The van der Waals surface area contributed by atoms with Crippen LogP contribution in [-0.4, -0.2) is 19.2 Å². The van der Waals surface area contributed by atoms with Crippen molar-refractivity contribution in [2.45, 2.75) is 18.7 Å². The lowest BCUT2D eigenvalue weighted by atomic mass is 10.1. The van der Waals surface area contributed by atoms with Gasteiger partial charge in [0, 0.05) is 11.3 Å². The molecule has 1 heterocycles. The molecule has 138 valence electrons. The summed E-state index contributed by atoms with van der Waals surface area (Å²) in [4.78, 5) is 15.6. The van der Waals surface area contributed by atoms with Crippen LogP contribution in [0.3, 0.4) is 0 Å². The summed E-state index contributed by atoms with van der Waals surface area (Å²) in [5.74, 6) is 0.237. The highest BCUT2D eigenvalue weighted by atomic mass is 32.2. The third kappa shape index (κ3) is 4.71. The fourth-order valence-corrected chi connectivity index (χ4v) is 3.41. The van der Waals surface area contributed by atoms with Crippen LogP contribution in [0.5, 0.6) is 0 Å². The zero-order valence-corrected chi connectivity index (χ0v) is 15.7. The Balaban J connectivity index is 1.69. The van der Waals surface area contributed by atoms with Crippen molar-refractivity contribution >= 4 is 33.0 Å². The minimum atomic E-state index is -3.68.